The Morgan fingerprint density at radius 2 is 2.12 bits per heavy atom. The lowest BCUT2D eigenvalue weighted by atomic mass is 9.49. The second kappa shape index (κ2) is 5.79. The first kappa shape index (κ1) is 17.8. The summed E-state index contributed by atoms with van der Waals surface area (Å²) in [7, 11) is 0. The van der Waals surface area contributed by atoms with Gasteiger partial charge < -0.3 is 4.74 Å². The molecule has 24 heavy (non-hydrogen) atoms. The van der Waals surface area contributed by atoms with Crippen molar-refractivity contribution in [1.29, 1.82) is 0 Å². The number of hydrogen-bond donors (Lipinski definition) is 1. The summed E-state index contributed by atoms with van der Waals surface area (Å²) in [5.74, 6) is 0.912. The first-order chi connectivity index (χ1) is 11.1. The second-order valence-electron chi connectivity index (χ2n) is 8.88. The predicted molar refractivity (Wildman–Crippen MR) is 92.5 cm³/mol. The predicted octanol–water partition coefficient (Wildman–Crippen LogP) is 4.31. The number of fused-ring (bicyclic) bond motifs is 2. The van der Waals surface area contributed by atoms with Gasteiger partial charge in [-0.3, -0.25) is 10.1 Å². The summed E-state index contributed by atoms with van der Waals surface area (Å²) in [6, 6.07) is 0. The van der Waals surface area contributed by atoms with Crippen LogP contribution in [0.4, 0.5) is 0 Å². The van der Waals surface area contributed by atoms with Crippen molar-refractivity contribution in [2.24, 2.45) is 17.3 Å². The Labute approximate surface area is 144 Å². The highest BCUT2D eigenvalue weighted by Gasteiger charge is 2.58. The van der Waals surface area contributed by atoms with Crippen molar-refractivity contribution in [3.05, 3.63) is 24.3 Å². The zero-order valence-electron chi connectivity index (χ0n) is 15.3. The summed E-state index contributed by atoms with van der Waals surface area (Å²) in [5, 5.41) is 8.88. The Morgan fingerprint density at radius 3 is 2.79 bits per heavy atom. The minimum atomic E-state index is -0.847. The molecule has 4 nitrogen and oxygen atoms in total. The summed E-state index contributed by atoms with van der Waals surface area (Å²) < 4.78 is 5.89. The summed E-state index contributed by atoms with van der Waals surface area (Å²) in [6.45, 7) is 12.0. The van der Waals surface area contributed by atoms with Crippen molar-refractivity contribution >= 4 is 5.78 Å². The monoisotopic (exact) mass is 334 g/mol. The molecule has 0 aromatic carbocycles. The Kier molecular flexibility index (Phi) is 4.30. The SMILES string of the molecule is C=C1CC[C@@H]2O[C@@]2(C)CC[C@@H]2[C@@H]1C[C@@]2(C)C(=O)/C=C/C(C)(C)OO. The van der Waals surface area contributed by atoms with Crippen molar-refractivity contribution in [2.45, 2.75) is 77.1 Å². The molecule has 0 bridgehead atoms. The van der Waals surface area contributed by atoms with E-state index in [1.165, 1.54) is 5.57 Å². The van der Waals surface area contributed by atoms with Gasteiger partial charge in [-0.2, -0.15) is 0 Å². The third-order valence-electron chi connectivity index (χ3n) is 6.62. The highest BCUT2D eigenvalue weighted by Crippen LogP contribution is 2.60. The van der Waals surface area contributed by atoms with Gasteiger partial charge in [0.05, 0.1) is 11.7 Å². The molecule has 0 radical (unpaired) electrons. The molecule has 0 aromatic rings. The second-order valence-corrected chi connectivity index (χ2v) is 8.88. The van der Waals surface area contributed by atoms with E-state index in [0.29, 0.717) is 17.9 Å². The van der Waals surface area contributed by atoms with Gasteiger partial charge in [-0.15, -0.1) is 0 Å². The van der Waals surface area contributed by atoms with Crippen molar-refractivity contribution in [3.8, 4) is 0 Å². The molecule has 134 valence electrons. The molecule has 5 atom stereocenters. The largest absolute Gasteiger partial charge is 0.366 e. The molecule has 0 aromatic heterocycles. The number of epoxide rings is 1. The van der Waals surface area contributed by atoms with E-state index in [1.54, 1.807) is 26.0 Å². The van der Waals surface area contributed by atoms with Gasteiger partial charge in [0.15, 0.2) is 5.78 Å². The van der Waals surface area contributed by atoms with Gasteiger partial charge in [0.1, 0.15) is 5.60 Å². The number of ketones is 1. The molecule has 0 unspecified atom stereocenters. The number of carbonyl (C=O) groups excluding carboxylic acids is 1. The van der Waals surface area contributed by atoms with E-state index >= 15 is 0 Å². The molecule has 2 saturated carbocycles. The molecule has 1 aliphatic heterocycles. The van der Waals surface area contributed by atoms with Crippen LogP contribution in [0.1, 0.15) is 59.8 Å². The van der Waals surface area contributed by atoms with E-state index in [0.717, 1.165) is 32.1 Å². The van der Waals surface area contributed by atoms with E-state index in [-0.39, 0.29) is 16.8 Å². The fraction of sp³-hybridized carbons (Fsp3) is 0.750. The summed E-state index contributed by atoms with van der Waals surface area (Å²) in [6.07, 6.45) is 8.56. The lowest BCUT2D eigenvalue weighted by Gasteiger charge is -2.53. The molecule has 0 spiro atoms. The number of allylic oxidation sites excluding steroid dienone is 2. The van der Waals surface area contributed by atoms with Crippen LogP contribution in [0.2, 0.25) is 0 Å². The first-order valence-corrected chi connectivity index (χ1v) is 9.03. The van der Waals surface area contributed by atoms with Gasteiger partial charge in [0, 0.05) is 5.41 Å². The zero-order valence-corrected chi connectivity index (χ0v) is 15.3. The fourth-order valence-corrected chi connectivity index (χ4v) is 4.58. The van der Waals surface area contributed by atoms with Gasteiger partial charge in [-0.25, -0.2) is 4.89 Å². The van der Waals surface area contributed by atoms with Gasteiger partial charge in [-0.05, 0) is 76.9 Å². The van der Waals surface area contributed by atoms with Crippen LogP contribution in [0.15, 0.2) is 24.3 Å². The number of carbonyl (C=O) groups is 1. The highest BCUT2D eigenvalue weighted by molar-refractivity contribution is 5.95. The Morgan fingerprint density at radius 1 is 1.42 bits per heavy atom. The van der Waals surface area contributed by atoms with Gasteiger partial charge in [0.25, 0.3) is 0 Å². The smallest absolute Gasteiger partial charge is 0.161 e. The molecule has 4 heteroatoms. The van der Waals surface area contributed by atoms with E-state index in [2.05, 4.69) is 25.3 Å². The standard InChI is InChI=1S/C20H30O4/c1-13-6-7-17-20(5,23-17)11-8-15-14(13)12-19(15,4)16(21)9-10-18(2,3)24-22/h9-10,14-15,17,22H,1,6-8,11-12H2,2-5H3/b10-9+/t14-,15-,17+,19-,20+/m1/s1. The summed E-state index contributed by atoms with van der Waals surface area (Å²) >= 11 is 0. The third kappa shape index (κ3) is 3.00. The number of ether oxygens (including phenoxy) is 1. The molecule has 1 saturated heterocycles. The van der Waals surface area contributed by atoms with Gasteiger partial charge in [-0.1, -0.05) is 19.1 Å². The molecule has 1 N–H and O–H groups in total. The van der Waals surface area contributed by atoms with E-state index in [4.69, 9.17) is 9.99 Å². The van der Waals surface area contributed by atoms with Crippen molar-refractivity contribution in [2.75, 3.05) is 0 Å². The van der Waals surface area contributed by atoms with E-state index in [1.807, 2.05) is 0 Å². The molecule has 3 rings (SSSR count). The molecule has 0 amide bonds. The minimum absolute atomic E-state index is 0.0112. The average molecular weight is 334 g/mol. The van der Waals surface area contributed by atoms with Crippen LogP contribution in [0.25, 0.3) is 0 Å². The normalized spacial score (nSPS) is 42.4. The maximum absolute atomic E-state index is 12.8. The maximum Gasteiger partial charge on any atom is 0.161 e. The Hall–Kier alpha value is -0.970. The zero-order chi connectivity index (χ0) is 17.8. The van der Waals surface area contributed by atoms with Crippen LogP contribution < -0.4 is 0 Å². The third-order valence-corrected chi connectivity index (χ3v) is 6.62. The van der Waals surface area contributed by atoms with Crippen molar-refractivity contribution in [3.63, 3.8) is 0 Å². The summed E-state index contributed by atoms with van der Waals surface area (Å²) in [4.78, 5) is 17.2. The fourth-order valence-electron chi connectivity index (χ4n) is 4.58. The Balaban J connectivity index is 1.74. The summed E-state index contributed by atoms with van der Waals surface area (Å²) in [5.41, 5.74) is 0.102. The first-order valence-electron chi connectivity index (χ1n) is 9.03. The lowest BCUT2D eigenvalue weighted by molar-refractivity contribution is -0.297. The topological polar surface area (TPSA) is 59.1 Å². The molecule has 3 aliphatic rings. The van der Waals surface area contributed by atoms with Crippen LogP contribution >= 0.6 is 0 Å². The molecular formula is C20H30O4. The number of rotatable bonds is 4. The van der Waals surface area contributed by atoms with Crippen LogP contribution in [0.5, 0.6) is 0 Å². The van der Waals surface area contributed by atoms with Crippen LogP contribution in [-0.4, -0.2) is 28.3 Å². The average Bonchev–Trinajstić information content (AvgIpc) is 3.16. The van der Waals surface area contributed by atoms with Crippen LogP contribution in [0, 0.1) is 17.3 Å². The maximum atomic E-state index is 12.8. The van der Waals surface area contributed by atoms with E-state index < -0.39 is 5.60 Å². The van der Waals surface area contributed by atoms with Crippen LogP contribution in [0.3, 0.4) is 0 Å². The Bertz CT molecular complexity index is 578. The lowest BCUT2D eigenvalue weighted by Crippen LogP contribution is -2.51. The molecular weight excluding hydrogens is 304 g/mol. The van der Waals surface area contributed by atoms with Gasteiger partial charge >= 0.3 is 0 Å². The number of hydrogen-bond acceptors (Lipinski definition) is 4. The van der Waals surface area contributed by atoms with E-state index in [9.17, 15) is 4.79 Å². The molecule has 1 heterocycles. The minimum Gasteiger partial charge on any atom is -0.366 e. The van der Waals surface area contributed by atoms with Gasteiger partial charge in [0.2, 0.25) is 0 Å². The highest BCUT2D eigenvalue weighted by atomic mass is 17.1. The van der Waals surface area contributed by atoms with Crippen LogP contribution in [-0.2, 0) is 14.4 Å². The molecule has 3 fully saturated rings. The quantitative estimate of drug-likeness (QED) is 0.274. The van der Waals surface area contributed by atoms with Crippen molar-refractivity contribution < 1.29 is 19.7 Å². The van der Waals surface area contributed by atoms with Crippen molar-refractivity contribution in [1.82, 2.24) is 0 Å². The molecule has 2 aliphatic carbocycles.